The molecule has 2 heterocycles. The molecule has 3 aromatic rings. The summed E-state index contributed by atoms with van der Waals surface area (Å²) in [5, 5.41) is 0. The summed E-state index contributed by atoms with van der Waals surface area (Å²) in [5.74, 6) is -0.444. The Labute approximate surface area is 208 Å². The van der Waals surface area contributed by atoms with Crippen molar-refractivity contribution in [2.75, 3.05) is 31.1 Å². The molecule has 1 fully saturated rings. The lowest BCUT2D eigenvalue weighted by atomic mass is 10.0. The fourth-order valence-corrected chi connectivity index (χ4v) is 5.21. The van der Waals surface area contributed by atoms with Crippen LogP contribution in [0.1, 0.15) is 18.1 Å². The molecule has 0 spiro atoms. The highest BCUT2D eigenvalue weighted by atomic mass is 32.3. The van der Waals surface area contributed by atoms with Crippen molar-refractivity contribution in [1.29, 1.82) is 0 Å². The minimum Gasteiger partial charge on any atom is -0.406 e. The molecule has 188 valence electrons. The first-order valence-corrected chi connectivity index (χ1v) is 13.0. The van der Waals surface area contributed by atoms with Gasteiger partial charge in [-0.3, -0.25) is 14.4 Å². The molecule has 10 heteroatoms. The third-order valence-electron chi connectivity index (χ3n) is 6.39. The standard InChI is InChI=1S/C26H27N3O6S/c1-26(35-36(31,32)33)11-4-7-20(10-12-26)21-6-2-5-19(17-21)18-28-13-15-29(16-14-28)23-9-3-8-22-24(23)34-25(30)27-22/h2-12,17H,13-16,18H2,1H3,(H,27,30)(H,31,32,33). The molecule has 1 aliphatic heterocycles. The quantitative estimate of drug-likeness (QED) is 0.485. The zero-order chi connectivity index (χ0) is 25.3. The Morgan fingerprint density at radius 3 is 2.67 bits per heavy atom. The SMILES string of the molecule is CC1(OS(=O)(=O)O)C=CC=C(c2cccc(CN3CCN(c4cccc5[nH]c(=O)oc45)CC3)c2)C=C1. The zero-order valence-electron chi connectivity index (χ0n) is 19.8. The van der Waals surface area contributed by atoms with Gasteiger partial charge in [0.05, 0.1) is 11.2 Å². The summed E-state index contributed by atoms with van der Waals surface area (Å²) in [6, 6.07) is 14.0. The fraction of sp³-hybridized carbons (Fsp3) is 0.269. The lowest BCUT2D eigenvalue weighted by Crippen LogP contribution is -2.46. The lowest BCUT2D eigenvalue weighted by molar-refractivity contribution is 0.173. The van der Waals surface area contributed by atoms with Gasteiger partial charge in [-0.1, -0.05) is 42.5 Å². The number of piperazine rings is 1. The summed E-state index contributed by atoms with van der Waals surface area (Å²) in [4.78, 5) is 19.0. The second kappa shape index (κ2) is 9.55. The largest absolute Gasteiger partial charge is 0.417 e. The van der Waals surface area contributed by atoms with Gasteiger partial charge in [0.1, 0.15) is 5.60 Å². The van der Waals surface area contributed by atoms with Crippen LogP contribution >= 0.6 is 0 Å². The van der Waals surface area contributed by atoms with E-state index in [9.17, 15) is 13.2 Å². The van der Waals surface area contributed by atoms with Gasteiger partial charge in [-0.05, 0) is 54.0 Å². The number of anilines is 1. The summed E-state index contributed by atoms with van der Waals surface area (Å²) in [5.41, 5.74) is 4.03. The summed E-state index contributed by atoms with van der Waals surface area (Å²) in [7, 11) is -4.59. The minimum absolute atomic E-state index is 0.444. The highest BCUT2D eigenvalue weighted by Gasteiger charge is 2.26. The first kappa shape index (κ1) is 24.3. The number of hydrogen-bond acceptors (Lipinski definition) is 7. The highest BCUT2D eigenvalue weighted by molar-refractivity contribution is 7.80. The molecule has 0 amide bonds. The van der Waals surface area contributed by atoms with E-state index in [2.05, 4.69) is 26.9 Å². The number of hydrogen-bond donors (Lipinski definition) is 2. The van der Waals surface area contributed by atoms with Crippen molar-refractivity contribution in [3.63, 3.8) is 0 Å². The van der Waals surface area contributed by atoms with Gasteiger partial charge < -0.3 is 9.32 Å². The van der Waals surface area contributed by atoms with Gasteiger partial charge in [0.2, 0.25) is 0 Å². The van der Waals surface area contributed by atoms with Crippen LogP contribution in [0.15, 0.2) is 82.1 Å². The maximum atomic E-state index is 11.6. The number of oxazole rings is 1. The average Bonchev–Trinajstić information content (AvgIpc) is 3.10. The Morgan fingerprint density at radius 1 is 1.11 bits per heavy atom. The van der Waals surface area contributed by atoms with E-state index in [1.165, 1.54) is 5.56 Å². The lowest BCUT2D eigenvalue weighted by Gasteiger charge is -2.36. The molecule has 2 aliphatic rings. The zero-order valence-corrected chi connectivity index (χ0v) is 20.6. The Hall–Kier alpha value is -3.44. The van der Waals surface area contributed by atoms with Gasteiger partial charge in [-0.2, -0.15) is 8.42 Å². The van der Waals surface area contributed by atoms with Crippen LogP contribution in [0.25, 0.3) is 16.7 Å². The second-order valence-electron chi connectivity index (χ2n) is 9.14. The van der Waals surface area contributed by atoms with Crippen molar-refractivity contribution in [2.24, 2.45) is 0 Å². The number of allylic oxidation sites excluding steroid dienone is 4. The average molecular weight is 510 g/mol. The van der Waals surface area contributed by atoms with E-state index in [1.807, 2.05) is 36.4 Å². The molecular formula is C26H27N3O6S. The van der Waals surface area contributed by atoms with E-state index >= 15 is 0 Å². The van der Waals surface area contributed by atoms with Gasteiger partial charge in [0.25, 0.3) is 0 Å². The van der Waals surface area contributed by atoms with E-state index < -0.39 is 21.8 Å². The molecule has 1 unspecified atom stereocenters. The van der Waals surface area contributed by atoms with E-state index in [0.717, 1.165) is 49.5 Å². The maximum absolute atomic E-state index is 11.6. The Kier molecular flexibility index (Phi) is 6.44. The number of para-hydroxylation sites is 1. The Balaban J connectivity index is 1.25. The number of benzene rings is 2. The van der Waals surface area contributed by atoms with Gasteiger partial charge in [-0.15, -0.1) is 0 Å². The number of nitrogens with zero attached hydrogens (tertiary/aromatic N) is 2. The predicted octanol–water partition coefficient (Wildman–Crippen LogP) is 3.53. The predicted molar refractivity (Wildman–Crippen MR) is 138 cm³/mol. The third-order valence-corrected chi connectivity index (χ3v) is 6.96. The molecule has 1 aromatic heterocycles. The van der Waals surface area contributed by atoms with E-state index in [-0.39, 0.29) is 0 Å². The molecule has 5 rings (SSSR count). The molecule has 1 saturated heterocycles. The number of aromatic amines is 1. The summed E-state index contributed by atoms with van der Waals surface area (Å²) < 4.78 is 41.6. The smallest absolute Gasteiger partial charge is 0.406 e. The normalized spacial score (nSPS) is 21.1. The van der Waals surface area contributed by atoms with Gasteiger partial charge in [0.15, 0.2) is 5.58 Å². The Bertz CT molecular complexity index is 1530. The number of nitrogens with one attached hydrogen (secondary N) is 1. The van der Waals surface area contributed by atoms with Crippen molar-refractivity contribution >= 4 is 32.8 Å². The van der Waals surface area contributed by atoms with Crippen molar-refractivity contribution in [2.45, 2.75) is 19.1 Å². The van der Waals surface area contributed by atoms with Crippen molar-refractivity contribution in [3.05, 3.63) is 94.5 Å². The molecule has 0 bridgehead atoms. The monoisotopic (exact) mass is 509 g/mol. The molecule has 0 saturated carbocycles. The molecule has 36 heavy (non-hydrogen) atoms. The fourth-order valence-electron chi connectivity index (χ4n) is 4.65. The first-order valence-electron chi connectivity index (χ1n) is 11.6. The van der Waals surface area contributed by atoms with Gasteiger partial charge >= 0.3 is 16.2 Å². The first-order chi connectivity index (χ1) is 17.2. The summed E-state index contributed by atoms with van der Waals surface area (Å²) >= 11 is 0. The van der Waals surface area contributed by atoms with Gasteiger partial charge in [-0.25, -0.2) is 8.98 Å². The summed E-state index contributed by atoms with van der Waals surface area (Å²) in [6.45, 7) is 5.72. The van der Waals surface area contributed by atoms with E-state index in [0.29, 0.717) is 11.1 Å². The molecule has 2 aromatic carbocycles. The van der Waals surface area contributed by atoms with Crippen LogP contribution in [0.3, 0.4) is 0 Å². The van der Waals surface area contributed by atoms with Crippen molar-refractivity contribution < 1.29 is 21.6 Å². The number of fused-ring (bicyclic) bond motifs is 1. The van der Waals surface area contributed by atoms with Gasteiger partial charge in [0, 0.05) is 32.7 Å². The number of rotatable bonds is 6. The second-order valence-corrected chi connectivity index (χ2v) is 10.2. The van der Waals surface area contributed by atoms with Crippen LogP contribution in [0, 0.1) is 0 Å². The number of aromatic nitrogens is 1. The molecule has 2 N–H and O–H groups in total. The Morgan fingerprint density at radius 2 is 1.89 bits per heavy atom. The van der Waals surface area contributed by atoms with Crippen LogP contribution in [-0.2, 0) is 21.1 Å². The van der Waals surface area contributed by atoms with Crippen molar-refractivity contribution in [3.8, 4) is 0 Å². The van der Waals surface area contributed by atoms with Crippen molar-refractivity contribution in [1.82, 2.24) is 9.88 Å². The summed E-state index contributed by atoms with van der Waals surface area (Å²) in [6.07, 6.45) is 8.58. The molecule has 1 aliphatic carbocycles. The number of H-pyrrole nitrogens is 1. The van der Waals surface area contributed by atoms with E-state index in [1.54, 1.807) is 31.2 Å². The molecule has 0 radical (unpaired) electrons. The topological polar surface area (TPSA) is 116 Å². The minimum atomic E-state index is -4.59. The molecule has 9 nitrogen and oxygen atoms in total. The molecule has 1 atom stereocenters. The van der Waals surface area contributed by atoms with Crippen LogP contribution in [0.4, 0.5) is 5.69 Å². The highest BCUT2D eigenvalue weighted by Crippen LogP contribution is 2.28. The van der Waals surface area contributed by atoms with Crippen LogP contribution < -0.4 is 10.7 Å². The van der Waals surface area contributed by atoms with Crippen LogP contribution in [0.5, 0.6) is 0 Å². The third kappa shape index (κ3) is 5.52. The molecular weight excluding hydrogens is 482 g/mol. The van der Waals surface area contributed by atoms with Crippen LogP contribution in [-0.4, -0.2) is 54.6 Å². The maximum Gasteiger partial charge on any atom is 0.417 e. The van der Waals surface area contributed by atoms with E-state index in [4.69, 9.17) is 13.2 Å². The van der Waals surface area contributed by atoms with Crippen LogP contribution in [0.2, 0.25) is 0 Å².